The minimum atomic E-state index is 0.119. The predicted octanol–water partition coefficient (Wildman–Crippen LogP) is 5.21. The molecule has 3 heterocycles. The highest BCUT2D eigenvalue weighted by Crippen LogP contribution is 2.30. The Kier molecular flexibility index (Phi) is 6.23. The summed E-state index contributed by atoms with van der Waals surface area (Å²) in [5, 5.41) is 1.28. The zero-order valence-corrected chi connectivity index (χ0v) is 20.7. The highest BCUT2D eigenvalue weighted by atomic mass is 32.1. The molecular formula is C29H30N4OS. The van der Waals surface area contributed by atoms with Crippen molar-refractivity contribution in [2.24, 2.45) is 0 Å². The Balaban J connectivity index is 0.990. The topological polar surface area (TPSA) is 39.7 Å². The Morgan fingerprint density at radius 1 is 0.857 bits per heavy atom. The molecular weight excluding hydrogens is 452 g/mol. The van der Waals surface area contributed by atoms with E-state index in [9.17, 15) is 4.79 Å². The van der Waals surface area contributed by atoms with E-state index in [0.29, 0.717) is 13.1 Å². The van der Waals surface area contributed by atoms with Crippen LogP contribution in [0.5, 0.6) is 0 Å². The van der Waals surface area contributed by atoms with Gasteiger partial charge in [0, 0.05) is 50.2 Å². The number of hydrogen-bond donors (Lipinski definition) is 0. The van der Waals surface area contributed by atoms with Crippen molar-refractivity contribution >= 4 is 33.3 Å². The summed E-state index contributed by atoms with van der Waals surface area (Å²) < 4.78 is 6.00. The first-order valence-electron chi connectivity index (χ1n) is 12.5. The summed E-state index contributed by atoms with van der Waals surface area (Å²) in [5.74, 6) is 1.27. The van der Waals surface area contributed by atoms with Gasteiger partial charge < -0.3 is 9.80 Å². The summed E-state index contributed by atoms with van der Waals surface area (Å²) in [5.41, 5.74) is 4.73. The number of carbonyl (C=O) groups excluding carboxylic acids is 1. The van der Waals surface area contributed by atoms with Crippen molar-refractivity contribution in [1.29, 1.82) is 0 Å². The maximum Gasteiger partial charge on any atom is 0.254 e. The second kappa shape index (κ2) is 9.80. The van der Waals surface area contributed by atoms with E-state index in [4.69, 9.17) is 4.37 Å². The van der Waals surface area contributed by atoms with Gasteiger partial charge in [0.2, 0.25) is 0 Å². The van der Waals surface area contributed by atoms with Crippen LogP contribution in [0, 0.1) is 0 Å². The zero-order valence-electron chi connectivity index (χ0n) is 19.9. The van der Waals surface area contributed by atoms with Gasteiger partial charge in [-0.1, -0.05) is 48.5 Å². The van der Waals surface area contributed by atoms with E-state index < -0.39 is 0 Å². The third-order valence-corrected chi connectivity index (χ3v) is 8.09. The zero-order chi connectivity index (χ0) is 23.6. The number of carbonyl (C=O) groups is 1. The van der Waals surface area contributed by atoms with Gasteiger partial charge in [-0.05, 0) is 71.9 Å². The molecule has 0 saturated carbocycles. The van der Waals surface area contributed by atoms with E-state index >= 15 is 0 Å². The van der Waals surface area contributed by atoms with E-state index in [2.05, 4.69) is 52.3 Å². The van der Waals surface area contributed by atoms with Crippen molar-refractivity contribution in [3.63, 3.8) is 0 Å². The molecule has 1 amide bonds. The molecule has 0 N–H and O–H groups in total. The van der Waals surface area contributed by atoms with Gasteiger partial charge in [0.05, 0.1) is 4.70 Å². The molecule has 1 saturated heterocycles. The number of aryl methyl sites for hydroxylation is 1. The maximum atomic E-state index is 12.8. The first kappa shape index (κ1) is 22.3. The second-order valence-corrected chi connectivity index (χ2v) is 10.4. The standard InChI is InChI=1S/C29H30N4OS/c34-29(23-8-2-1-3-9-23)33-20-24-13-12-22(19-25(24)21-33)7-6-14-31-15-17-32(18-16-31)28-26-10-4-5-11-27(26)35-30-28/h1-5,8-13,19H,6-7,14-18,20-21H2. The molecule has 6 heteroatoms. The van der Waals surface area contributed by atoms with Crippen LogP contribution in [0.2, 0.25) is 0 Å². The summed E-state index contributed by atoms with van der Waals surface area (Å²) in [6.45, 7) is 6.81. The second-order valence-electron chi connectivity index (χ2n) is 9.56. The fourth-order valence-corrected chi connectivity index (χ4v) is 6.10. The molecule has 178 valence electrons. The normalized spacial score (nSPS) is 16.1. The molecule has 1 fully saturated rings. The fraction of sp³-hybridized carbons (Fsp3) is 0.310. The summed E-state index contributed by atoms with van der Waals surface area (Å²) in [6, 6.07) is 24.9. The molecule has 5 nitrogen and oxygen atoms in total. The number of rotatable bonds is 6. The van der Waals surface area contributed by atoms with Crippen molar-refractivity contribution in [3.8, 4) is 0 Å². The lowest BCUT2D eigenvalue weighted by atomic mass is 10.0. The monoisotopic (exact) mass is 482 g/mol. The summed E-state index contributed by atoms with van der Waals surface area (Å²) in [6.07, 6.45) is 2.24. The first-order valence-corrected chi connectivity index (χ1v) is 13.3. The molecule has 0 spiro atoms. The lowest BCUT2D eigenvalue weighted by molar-refractivity contribution is 0.0751. The molecule has 3 aromatic carbocycles. The van der Waals surface area contributed by atoms with Crippen LogP contribution in [0.4, 0.5) is 5.82 Å². The summed E-state index contributed by atoms with van der Waals surface area (Å²) in [7, 11) is 0. The largest absolute Gasteiger partial charge is 0.353 e. The Morgan fingerprint density at radius 3 is 2.49 bits per heavy atom. The van der Waals surface area contributed by atoms with Crippen LogP contribution in [0.1, 0.15) is 33.5 Å². The highest BCUT2D eigenvalue weighted by molar-refractivity contribution is 7.13. The molecule has 35 heavy (non-hydrogen) atoms. The van der Waals surface area contributed by atoms with Gasteiger partial charge in [-0.3, -0.25) is 9.69 Å². The molecule has 0 bridgehead atoms. The van der Waals surface area contributed by atoms with Gasteiger partial charge >= 0.3 is 0 Å². The fourth-order valence-electron chi connectivity index (χ4n) is 5.30. The van der Waals surface area contributed by atoms with Gasteiger partial charge in [-0.2, -0.15) is 4.37 Å². The quantitative estimate of drug-likeness (QED) is 0.378. The first-order chi connectivity index (χ1) is 17.2. The molecule has 1 aromatic heterocycles. The third kappa shape index (κ3) is 4.68. The maximum absolute atomic E-state index is 12.8. The number of fused-ring (bicyclic) bond motifs is 2. The van der Waals surface area contributed by atoms with Crippen LogP contribution in [0.3, 0.4) is 0 Å². The number of piperazine rings is 1. The van der Waals surface area contributed by atoms with Crippen molar-refractivity contribution in [2.45, 2.75) is 25.9 Å². The van der Waals surface area contributed by atoms with Crippen LogP contribution < -0.4 is 4.90 Å². The summed E-state index contributed by atoms with van der Waals surface area (Å²) in [4.78, 5) is 19.8. The SMILES string of the molecule is O=C(c1ccccc1)N1Cc2ccc(CCCN3CCN(c4nsc5ccccc45)CC3)cc2C1. The average Bonchev–Trinajstić information content (AvgIpc) is 3.53. The molecule has 4 aromatic rings. The Labute approximate surface area is 210 Å². The van der Waals surface area contributed by atoms with Crippen molar-refractivity contribution < 1.29 is 4.79 Å². The number of benzene rings is 3. The van der Waals surface area contributed by atoms with Gasteiger partial charge in [0.1, 0.15) is 5.82 Å². The van der Waals surface area contributed by atoms with Crippen molar-refractivity contribution in [2.75, 3.05) is 37.6 Å². The molecule has 0 radical (unpaired) electrons. The van der Waals surface area contributed by atoms with Crippen LogP contribution in [0.25, 0.3) is 10.1 Å². The lowest BCUT2D eigenvalue weighted by Gasteiger charge is -2.35. The van der Waals surface area contributed by atoms with E-state index in [1.807, 2.05) is 35.2 Å². The van der Waals surface area contributed by atoms with Gasteiger partial charge in [-0.15, -0.1) is 0 Å². The van der Waals surface area contributed by atoms with Gasteiger partial charge in [-0.25, -0.2) is 0 Å². The van der Waals surface area contributed by atoms with Gasteiger partial charge in [0.15, 0.2) is 0 Å². The minimum Gasteiger partial charge on any atom is -0.353 e. The van der Waals surface area contributed by atoms with Crippen LogP contribution >= 0.6 is 11.5 Å². The number of hydrogen-bond acceptors (Lipinski definition) is 5. The highest BCUT2D eigenvalue weighted by Gasteiger charge is 2.24. The number of amides is 1. The minimum absolute atomic E-state index is 0.119. The molecule has 0 aliphatic carbocycles. The smallest absolute Gasteiger partial charge is 0.254 e. The average molecular weight is 483 g/mol. The van der Waals surface area contributed by atoms with E-state index in [-0.39, 0.29) is 5.91 Å². The molecule has 0 atom stereocenters. The van der Waals surface area contributed by atoms with Crippen molar-refractivity contribution in [1.82, 2.24) is 14.2 Å². The van der Waals surface area contributed by atoms with E-state index in [1.165, 1.54) is 26.8 Å². The Hall–Kier alpha value is -3.22. The van der Waals surface area contributed by atoms with Crippen LogP contribution in [0.15, 0.2) is 72.8 Å². The predicted molar refractivity (Wildman–Crippen MR) is 143 cm³/mol. The summed E-state index contributed by atoms with van der Waals surface area (Å²) >= 11 is 1.60. The number of anilines is 1. The van der Waals surface area contributed by atoms with E-state index in [1.54, 1.807) is 11.5 Å². The number of nitrogens with zero attached hydrogens (tertiary/aromatic N) is 4. The van der Waals surface area contributed by atoms with Gasteiger partial charge in [0.25, 0.3) is 5.91 Å². The van der Waals surface area contributed by atoms with Crippen LogP contribution in [-0.4, -0.2) is 52.8 Å². The Morgan fingerprint density at radius 2 is 1.63 bits per heavy atom. The lowest BCUT2D eigenvalue weighted by Crippen LogP contribution is -2.46. The Bertz CT molecular complexity index is 1330. The third-order valence-electron chi connectivity index (χ3n) is 7.27. The van der Waals surface area contributed by atoms with Crippen molar-refractivity contribution in [3.05, 3.63) is 95.1 Å². The van der Waals surface area contributed by atoms with E-state index in [0.717, 1.165) is 56.9 Å². The molecule has 2 aliphatic rings. The van der Waals surface area contributed by atoms with Crippen LogP contribution in [-0.2, 0) is 19.5 Å². The molecule has 2 aliphatic heterocycles. The number of aromatic nitrogens is 1. The molecule has 0 unspecified atom stereocenters. The molecule has 6 rings (SSSR count).